The fourth-order valence-corrected chi connectivity index (χ4v) is 2.58. The van der Waals surface area contributed by atoms with Gasteiger partial charge in [0, 0.05) is 6.54 Å². The Kier molecular flexibility index (Phi) is 3.13. The summed E-state index contributed by atoms with van der Waals surface area (Å²) in [5.74, 6) is 1.01. The first-order valence-electron chi connectivity index (χ1n) is 6.09. The van der Waals surface area contributed by atoms with E-state index < -0.39 is 0 Å². The molecule has 0 bridgehead atoms. The van der Waals surface area contributed by atoms with Crippen molar-refractivity contribution >= 4 is 0 Å². The summed E-state index contributed by atoms with van der Waals surface area (Å²) in [5.41, 5.74) is -0.349. The predicted octanol–water partition coefficient (Wildman–Crippen LogP) is 2.02. The molecule has 2 saturated carbocycles. The topological polar surface area (TPSA) is 23.5 Å². The molecule has 0 aromatic heterocycles. The summed E-state index contributed by atoms with van der Waals surface area (Å²) in [7, 11) is 2.15. The molecule has 0 amide bonds. The smallest absolute Gasteiger partial charge is 0.0774 e. The highest BCUT2D eigenvalue weighted by atomic mass is 16.3. The summed E-state index contributed by atoms with van der Waals surface area (Å²) in [6, 6.07) is 0. The molecule has 0 saturated heterocycles. The molecule has 0 atom stereocenters. The van der Waals surface area contributed by atoms with Crippen LogP contribution in [-0.4, -0.2) is 35.7 Å². The lowest BCUT2D eigenvalue weighted by molar-refractivity contribution is 0.0159. The van der Waals surface area contributed by atoms with Gasteiger partial charge in [0.1, 0.15) is 0 Å². The minimum atomic E-state index is -0.349. The van der Waals surface area contributed by atoms with Crippen molar-refractivity contribution in [2.24, 2.45) is 5.92 Å². The van der Waals surface area contributed by atoms with Crippen LogP contribution in [0.25, 0.3) is 0 Å². The van der Waals surface area contributed by atoms with Gasteiger partial charge in [-0.3, -0.25) is 0 Å². The Morgan fingerprint density at radius 3 is 2.50 bits per heavy atom. The van der Waals surface area contributed by atoms with Crippen LogP contribution in [0.4, 0.5) is 0 Å². The molecule has 1 N–H and O–H groups in total. The normalized spacial score (nSPS) is 25.9. The lowest BCUT2D eigenvalue weighted by Gasteiger charge is -2.28. The molecule has 2 rings (SSSR count). The summed E-state index contributed by atoms with van der Waals surface area (Å²) in [6.07, 6.45) is 8.68. The Hall–Kier alpha value is -0.0800. The van der Waals surface area contributed by atoms with Gasteiger partial charge in [-0.25, -0.2) is 0 Å². The Morgan fingerprint density at radius 2 is 1.93 bits per heavy atom. The van der Waals surface area contributed by atoms with Crippen molar-refractivity contribution in [3.8, 4) is 0 Å². The fourth-order valence-electron chi connectivity index (χ4n) is 2.58. The first-order valence-corrected chi connectivity index (χ1v) is 6.09. The Bertz CT molecular complexity index is 183. The van der Waals surface area contributed by atoms with Crippen molar-refractivity contribution in [3.05, 3.63) is 0 Å². The van der Waals surface area contributed by atoms with Crippen LogP contribution in [0.3, 0.4) is 0 Å². The van der Waals surface area contributed by atoms with E-state index in [4.69, 9.17) is 0 Å². The summed E-state index contributed by atoms with van der Waals surface area (Å²) in [6.45, 7) is 2.06. The van der Waals surface area contributed by atoms with Gasteiger partial charge < -0.3 is 10.0 Å². The highest BCUT2D eigenvalue weighted by molar-refractivity contribution is 4.87. The SMILES string of the molecule is CN(CCC1CC1)CC1(O)CCCC1. The molecule has 0 heterocycles. The molecule has 0 radical (unpaired) electrons. The minimum Gasteiger partial charge on any atom is -0.389 e. The quantitative estimate of drug-likeness (QED) is 0.729. The van der Waals surface area contributed by atoms with Gasteiger partial charge in [-0.05, 0) is 38.8 Å². The van der Waals surface area contributed by atoms with Crippen molar-refractivity contribution in [1.82, 2.24) is 4.90 Å². The van der Waals surface area contributed by atoms with Crippen molar-refractivity contribution in [3.63, 3.8) is 0 Å². The Labute approximate surface area is 87.3 Å². The number of hydrogen-bond donors (Lipinski definition) is 1. The molecule has 82 valence electrons. The molecule has 2 heteroatoms. The third-order valence-electron chi connectivity index (χ3n) is 3.71. The van der Waals surface area contributed by atoms with Gasteiger partial charge in [-0.1, -0.05) is 25.7 Å². The van der Waals surface area contributed by atoms with Gasteiger partial charge in [0.25, 0.3) is 0 Å². The molecule has 0 aromatic rings. The highest BCUT2D eigenvalue weighted by Gasteiger charge is 2.32. The maximum Gasteiger partial charge on any atom is 0.0774 e. The van der Waals surface area contributed by atoms with E-state index in [1.54, 1.807) is 0 Å². The van der Waals surface area contributed by atoms with E-state index in [-0.39, 0.29) is 5.60 Å². The second kappa shape index (κ2) is 4.19. The summed E-state index contributed by atoms with van der Waals surface area (Å²) in [4.78, 5) is 2.32. The highest BCUT2D eigenvalue weighted by Crippen LogP contribution is 2.33. The zero-order chi connectivity index (χ0) is 10.0. The number of nitrogens with zero attached hydrogens (tertiary/aromatic N) is 1. The van der Waals surface area contributed by atoms with Crippen LogP contribution in [0.2, 0.25) is 0 Å². The average Bonchev–Trinajstić information content (AvgIpc) is 2.87. The van der Waals surface area contributed by atoms with Crippen molar-refractivity contribution < 1.29 is 5.11 Å². The standard InChI is InChI=1S/C12H23NO/c1-13(9-6-11-4-5-11)10-12(14)7-2-3-8-12/h11,14H,2-10H2,1H3. The first-order chi connectivity index (χ1) is 6.68. The van der Waals surface area contributed by atoms with E-state index in [1.165, 1.54) is 38.6 Å². The van der Waals surface area contributed by atoms with Crippen LogP contribution in [0.1, 0.15) is 44.9 Å². The maximum absolute atomic E-state index is 10.2. The van der Waals surface area contributed by atoms with E-state index in [1.807, 2.05) is 0 Å². The number of rotatable bonds is 5. The van der Waals surface area contributed by atoms with Crippen LogP contribution in [0.15, 0.2) is 0 Å². The first kappa shape index (κ1) is 10.4. The van der Waals surface area contributed by atoms with E-state index in [2.05, 4.69) is 11.9 Å². The lowest BCUT2D eigenvalue weighted by Crippen LogP contribution is -2.39. The molecule has 2 nitrogen and oxygen atoms in total. The molecule has 2 aliphatic rings. The molecule has 14 heavy (non-hydrogen) atoms. The molecule has 2 aliphatic carbocycles. The van der Waals surface area contributed by atoms with Crippen molar-refractivity contribution in [2.45, 2.75) is 50.5 Å². The zero-order valence-corrected chi connectivity index (χ0v) is 9.34. The summed E-state index contributed by atoms with van der Waals surface area (Å²) < 4.78 is 0. The Morgan fingerprint density at radius 1 is 1.29 bits per heavy atom. The van der Waals surface area contributed by atoms with Gasteiger partial charge in [0.15, 0.2) is 0 Å². The number of aliphatic hydroxyl groups is 1. The third-order valence-corrected chi connectivity index (χ3v) is 3.71. The third kappa shape index (κ3) is 2.96. The molecule has 0 spiro atoms. The molecule has 0 unspecified atom stereocenters. The molecule has 2 fully saturated rings. The predicted molar refractivity (Wildman–Crippen MR) is 58.3 cm³/mol. The number of hydrogen-bond acceptors (Lipinski definition) is 2. The van der Waals surface area contributed by atoms with E-state index in [9.17, 15) is 5.11 Å². The number of likely N-dealkylation sites (N-methyl/N-ethyl adjacent to an activating group) is 1. The van der Waals surface area contributed by atoms with Crippen LogP contribution in [0.5, 0.6) is 0 Å². The lowest BCUT2D eigenvalue weighted by atomic mass is 10.0. The zero-order valence-electron chi connectivity index (χ0n) is 9.34. The van der Waals surface area contributed by atoms with Gasteiger partial charge in [0.2, 0.25) is 0 Å². The molecular formula is C12H23NO. The van der Waals surface area contributed by atoms with Crippen molar-refractivity contribution in [2.75, 3.05) is 20.1 Å². The average molecular weight is 197 g/mol. The van der Waals surface area contributed by atoms with Gasteiger partial charge in [0.05, 0.1) is 5.60 Å². The Balaban J connectivity index is 1.66. The van der Waals surface area contributed by atoms with Crippen LogP contribution in [-0.2, 0) is 0 Å². The monoisotopic (exact) mass is 197 g/mol. The van der Waals surface area contributed by atoms with E-state index in [0.717, 1.165) is 25.3 Å². The fraction of sp³-hybridized carbons (Fsp3) is 1.00. The van der Waals surface area contributed by atoms with E-state index >= 15 is 0 Å². The van der Waals surface area contributed by atoms with Crippen LogP contribution in [0, 0.1) is 5.92 Å². The van der Waals surface area contributed by atoms with Gasteiger partial charge >= 0.3 is 0 Å². The van der Waals surface area contributed by atoms with Crippen LogP contribution < -0.4 is 0 Å². The van der Waals surface area contributed by atoms with Gasteiger partial charge in [-0.15, -0.1) is 0 Å². The van der Waals surface area contributed by atoms with Crippen molar-refractivity contribution in [1.29, 1.82) is 0 Å². The minimum absolute atomic E-state index is 0.349. The molecule has 0 aromatic carbocycles. The largest absolute Gasteiger partial charge is 0.389 e. The van der Waals surface area contributed by atoms with Gasteiger partial charge in [-0.2, -0.15) is 0 Å². The molecule has 0 aliphatic heterocycles. The maximum atomic E-state index is 10.2. The van der Waals surface area contributed by atoms with E-state index in [0.29, 0.717) is 0 Å². The summed E-state index contributed by atoms with van der Waals surface area (Å²) in [5, 5.41) is 10.2. The second-order valence-corrected chi connectivity index (χ2v) is 5.40. The molecular weight excluding hydrogens is 174 g/mol. The van der Waals surface area contributed by atoms with Crippen LogP contribution >= 0.6 is 0 Å². The second-order valence-electron chi connectivity index (χ2n) is 5.40. The summed E-state index contributed by atoms with van der Waals surface area (Å²) >= 11 is 0.